The molecule has 1 aliphatic rings. The first-order valence-corrected chi connectivity index (χ1v) is 9.64. The van der Waals surface area contributed by atoms with Crippen molar-refractivity contribution in [3.63, 3.8) is 0 Å². The third-order valence-corrected chi connectivity index (χ3v) is 5.07. The second-order valence-electron chi connectivity index (χ2n) is 6.79. The molecule has 144 valence electrons. The van der Waals surface area contributed by atoms with Crippen molar-refractivity contribution in [2.45, 2.75) is 32.2 Å². The van der Waals surface area contributed by atoms with Crippen LogP contribution in [-0.4, -0.2) is 43.6 Å². The summed E-state index contributed by atoms with van der Waals surface area (Å²) in [7, 11) is 1.63. The van der Waals surface area contributed by atoms with Gasteiger partial charge >= 0.3 is 0 Å². The normalized spacial score (nSPS) is 17.3. The Morgan fingerprint density at radius 1 is 1.04 bits per heavy atom. The van der Waals surface area contributed by atoms with Gasteiger partial charge in [-0.1, -0.05) is 13.3 Å². The Morgan fingerprint density at radius 3 is 2.30 bits per heavy atom. The number of likely N-dealkylation sites (tertiary alicyclic amines) is 1. The van der Waals surface area contributed by atoms with Gasteiger partial charge in [0.25, 0.3) is 5.91 Å². The van der Waals surface area contributed by atoms with E-state index in [9.17, 15) is 4.79 Å². The number of amides is 1. The molecule has 1 N–H and O–H groups in total. The van der Waals surface area contributed by atoms with E-state index in [0.29, 0.717) is 23.9 Å². The van der Waals surface area contributed by atoms with E-state index in [2.05, 4.69) is 17.1 Å². The molecule has 5 heteroatoms. The molecule has 0 saturated carbocycles. The van der Waals surface area contributed by atoms with Crippen LogP contribution in [0.2, 0.25) is 0 Å². The third kappa shape index (κ3) is 5.23. The van der Waals surface area contributed by atoms with E-state index in [4.69, 9.17) is 9.47 Å². The van der Waals surface area contributed by atoms with Crippen molar-refractivity contribution in [1.82, 2.24) is 10.2 Å². The number of carbonyl (C=O) groups excluding carboxylic acids is 1. The minimum Gasteiger partial charge on any atom is -0.497 e. The van der Waals surface area contributed by atoms with Crippen molar-refractivity contribution in [2.75, 3.05) is 26.7 Å². The Kier molecular flexibility index (Phi) is 6.71. The summed E-state index contributed by atoms with van der Waals surface area (Å²) in [6, 6.07) is 15.1. The van der Waals surface area contributed by atoms with Gasteiger partial charge in [-0.2, -0.15) is 0 Å². The number of piperidine rings is 1. The number of carbonyl (C=O) groups is 1. The molecular formula is C22H28N2O3. The number of hydrogen-bond acceptors (Lipinski definition) is 4. The monoisotopic (exact) mass is 368 g/mol. The van der Waals surface area contributed by atoms with Crippen molar-refractivity contribution in [2.24, 2.45) is 0 Å². The quantitative estimate of drug-likeness (QED) is 0.800. The maximum absolute atomic E-state index is 12.4. The average molecular weight is 368 g/mol. The van der Waals surface area contributed by atoms with Crippen LogP contribution in [0.15, 0.2) is 48.5 Å². The van der Waals surface area contributed by atoms with E-state index in [-0.39, 0.29) is 5.91 Å². The maximum atomic E-state index is 12.4. The summed E-state index contributed by atoms with van der Waals surface area (Å²) in [4.78, 5) is 14.9. The Bertz CT molecular complexity index is 728. The summed E-state index contributed by atoms with van der Waals surface area (Å²) in [6.07, 6.45) is 3.66. The smallest absolute Gasteiger partial charge is 0.251 e. The lowest BCUT2D eigenvalue weighted by molar-refractivity contribution is 0.0918. The van der Waals surface area contributed by atoms with Gasteiger partial charge in [0, 0.05) is 18.2 Å². The fraction of sp³-hybridized carbons (Fsp3) is 0.409. The molecular weight excluding hydrogens is 340 g/mol. The molecule has 27 heavy (non-hydrogen) atoms. The zero-order valence-electron chi connectivity index (χ0n) is 16.1. The molecule has 0 aliphatic carbocycles. The zero-order chi connectivity index (χ0) is 19.1. The first-order chi connectivity index (χ1) is 13.2. The number of hydrogen-bond donors (Lipinski definition) is 1. The van der Waals surface area contributed by atoms with Crippen molar-refractivity contribution >= 4 is 5.91 Å². The van der Waals surface area contributed by atoms with Gasteiger partial charge in [-0.15, -0.1) is 0 Å². The molecule has 1 atom stereocenters. The van der Waals surface area contributed by atoms with Crippen molar-refractivity contribution in [1.29, 1.82) is 0 Å². The Morgan fingerprint density at radius 2 is 1.67 bits per heavy atom. The van der Waals surface area contributed by atoms with Crippen LogP contribution in [-0.2, 0) is 0 Å². The molecule has 0 spiro atoms. The highest BCUT2D eigenvalue weighted by Crippen LogP contribution is 2.24. The topological polar surface area (TPSA) is 50.8 Å². The third-order valence-electron chi connectivity index (χ3n) is 5.07. The largest absolute Gasteiger partial charge is 0.497 e. The van der Waals surface area contributed by atoms with Crippen LogP contribution in [0, 0.1) is 0 Å². The van der Waals surface area contributed by atoms with Crippen LogP contribution in [0.4, 0.5) is 0 Å². The molecule has 1 unspecified atom stereocenters. The summed E-state index contributed by atoms with van der Waals surface area (Å²) < 4.78 is 10.9. The lowest BCUT2D eigenvalue weighted by atomic mass is 10.0. The van der Waals surface area contributed by atoms with Gasteiger partial charge in [0.15, 0.2) is 0 Å². The minimum absolute atomic E-state index is 0.0346. The standard InChI is InChI=1S/C22H28N2O3/c1-3-24-15-5-4-6-18(24)16-23-22(25)17-7-9-20(10-8-17)27-21-13-11-19(26-2)12-14-21/h7-14,18H,3-6,15-16H2,1-2H3,(H,23,25). The van der Waals surface area contributed by atoms with Crippen LogP contribution in [0.25, 0.3) is 0 Å². The summed E-state index contributed by atoms with van der Waals surface area (Å²) in [6.45, 7) is 5.06. The molecule has 1 aliphatic heterocycles. The predicted octanol–water partition coefficient (Wildman–Crippen LogP) is 4.09. The highest BCUT2D eigenvalue weighted by Gasteiger charge is 2.21. The molecule has 3 rings (SSSR count). The molecule has 2 aromatic rings. The van der Waals surface area contributed by atoms with E-state index >= 15 is 0 Å². The second-order valence-corrected chi connectivity index (χ2v) is 6.79. The highest BCUT2D eigenvalue weighted by molar-refractivity contribution is 5.94. The Labute approximate surface area is 161 Å². The number of benzene rings is 2. The molecule has 0 radical (unpaired) electrons. The van der Waals surface area contributed by atoms with E-state index in [1.54, 1.807) is 19.2 Å². The van der Waals surface area contributed by atoms with E-state index in [0.717, 1.165) is 31.0 Å². The summed E-state index contributed by atoms with van der Waals surface area (Å²) in [5, 5.41) is 3.08. The number of rotatable bonds is 7. The van der Waals surface area contributed by atoms with Crippen molar-refractivity contribution in [3.8, 4) is 17.2 Å². The summed E-state index contributed by atoms with van der Waals surface area (Å²) >= 11 is 0. The molecule has 5 nitrogen and oxygen atoms in total. The van der Waals surface area contributed by atoms with Gasteiger partial charge < -0.3 is 14.8 Å². The Hall–Kier alpha value is -2.53. The van der Waals surface area contributed by atoms with E-state index < -0.39 is 0 Å². The molecule has 1 amide bonds. The van der Waals surface area contributed by atoms with Gasteiger partial charge in [0.1, 0.15) is 17.2 Å². The predicted molar refractivity (Wildman–Crippen MR) is 107 cm³/mol. The van der Waals surface area contributed by atoms with Crippen molar-refractivity contribution in [3.05, 3.63) is 54.1 Å². The van der Waals surface area contributed by atoms with Gasteiger partial charge in [-0.25, -0.2) is 0 Å². The molecule has 2 aromatic carbocycles. The van der Waals surface area contributed by atoms with Crippen LogP contribution in [0.1, 0.15) is 36.5 Å². The molecule has 1 saturated heterocycles. The fourth-order valence-electron chi connectivity index (χ4n) is 3.47. The zero-order valence-corrected chi connectivity index (χ0v) is 16.1. The Balaban J connectivity index is 1.53. The van der Waals surface area contributed by atoms with Crippen LogP contribution in [0.5, 0.6) is 17.2 Å². The summed E-state index contributed by atoms with van der Waals surface area (Å²) in [5.41, 5.74) is 0.649. The number of nitrogens with one attached hydrogen (secondary N) is 1. The molecule has 1 fully saturated rings. The first-order valence-electron chi connectivity index (χ1n) is 9.64. The number of methoxy groups -OCH3 is 1. The van der Waals surface area contributed by atoms with Crippen LogP contribution >= 0.6 is 0 Å². The molecule has 0 aromatic heterocycles. The lowest BCUT2D eigenvalue weighted by Gasteiger charge is -2.34. The molecule has 1 heterocycles. The average Bonchev–Trinajstić information content (AvgIpc) is 2.73. The van der Waals surface area contributed by atoms with Crippen LogP contribution in [0.3, 0.4) is 0 Å². The highest BCUT2D eigenvalue weighted by atomic mass is 16.5. The van der Waals surface area contributed by atoms with Crippen LogP contribution < -0.4 is 14.8 Å². The van der Waals surface area contributed by atoms with Crippen molar-refractivity contribution < 1.29 is 14.3 Å². The first kappa shape index (κ1) is 19.2. The number of nitrogens with zero attached hydrogens (tertiary/aromatic N) is 1. The lowest BCUT2D eigenvalue weighted by Crippen LogP contribution is -2.46. The molecule has 0 bridgehead atoms. The maximum Gasteiger partial charge on any atom is 0.251 e. The second kappa shape index (κ2) is 9.42. The number of ether oxygens (including phenoxy) is 2. The summed E-state index contributed by atoms with van der Waals surface area (Å²) in [5.74, 6) is 2.17. The SMILES string of the molecule is CCN1CCCCC1CNC(=O)c1ccc(Oc2ccc(OC)cc2)cc1. The number of likely N-dealkylation sites (N-methyl/N-ethyl adjacent to an activating group) is 1. The van der Waals surface area contributed by atoms with E-state index in [1.165, 1.54) is 12.8 Å². The van der Waals surface area contributed by atoms with Gasteiger partial charge in [-0.05, 0) is 74.5 Å². The minimum atomic E-state index is -0.0346. The fourth-order valence-corrected chi connectivity index (χ4v) is 3.47. The van der Waals surface area contributed by atoms with Gasteiger partial charge in [0.05, 0.1) is 7.11 Å². The van der Waals surface area contributed by atoms with E-state index in [1.807, 2.05) is 36.4 Å². The van der Waals surface area contributed by atoms with Gasteiger partial charge in [-0.3, -0.25) is 9.69 Å². The van der Waals surface area contributed by atoms with Gasteiger partial charge in [0.2, 0.25) is 0 Å².